The molecule has 0 N–H and O–H groups in total. The SMILES string of the molecule is CCOCP(=O)(COCC)C(=O)OC. The van der Waals surface area contributed by atoms with Crippen LogP contribution in [0.3, 0.4) is 0 Å². The summed E-state index contributed by atoms with van der Waals surface area (Å²) >= 11 is 0. The molecule has 0 rings (SSSR count). The summed E-state index contributed by atoms with van der Waals surface area (Å²) in [6, 6.07) is 0. The summed E-state index contributed by atoms with van der Waals surface area (Å²) in [4.78, 5) is 11.2. The first-order valence-electron chi connectivity index (χ1n) is 4.42. The Bertz CT molecular complexity index is 204. The molecule has 0 aromatic carbocycles. The molecule has 0 unspecified atom stereocenters. The van der Waals surface area contributed by atoms with Gasteiger partial charge in [0.25, 0.3) is 0 Å². The van der Waals surface area contributed by atoms with Gasteiger partial charge in [-0.3, -0.25) is 0 Å². The Morgan fingerprint density at radius 1 is 1.14 bits per heavy atom. The number of hydrogen-bond donors (Lipinski definition) is 0. The van der Waals surface area contributed by atoms with E-state index in [9.17, 15) is 9.36 Å². The lowest BCUT2D eigenvalue weighted by Crippen LogP contribution is -2.11. The fourth-order valence-corrected chi connectivity index (χ4v) is 2.36. The van der Waals surface area contributed by atoms with Crippen LogP contribution in [-0.4, -0.2) is 38.7 Å². The largest absolute Gasteiger partial charge is 0.463 e. The van der Waals surface area contributed by atoms with Crippen molar-refractivity contribution in [1.29, 1.82) is 0 Å². The van der Waals surface area contributed by atoms with Crippen molar-refractivity contribution in [2.45, 2.75) is 13.8 Å². The van der Waals surface area contributed by atoms with E-state index in [4.69, 9.17) is 9.47 Å². The van der Waals surface area contributed by atoms with E-state index in [1.165, 1.54) is 7.11 Å². The number of ether oxygens (including phenoxy) is 3. The Hall–Kier alpha value is -0.380. The van der Waals surface area contributed by atoms with E-state index in [0.717, 1.165) is 0 Å². The molecule has 84 valence electrons. The number of methoxy groups -OCH3 is 1. The third kappa shape index (κ3) is 4.22. The first kappa shape index (κ1) is 13.6. The summed E-state index contributed by atoms with van der Waals surface area (Å²) in [7, 11) is -1.95. The lowest BCUT2D eigenvalue weighted by molar-refractivity contribution is 0.161. The Morgan fingerprint density at radius 2 is 1.57 bits per heavy atom. The molecule has 14 heavy (non-hydrogen) atoms. The standard InChI is InChI=1S/C8H17O5P/c1-4-12-6-14(10,7-13-5-2)8(9)11-3/h4-7H2,1-3H3. The molecule has 0 fully saturated rings. The van der Waals surface area contributed by atoms with E-state index in [-0.39, 0.29) is 12.7 Å². The van der Waals surface area contributed by atoms with Crippen molar-refractivity contribution in [2.75, 3.05) is 33.0 Å². The van der Waals surface area contributed by atoms with Gasteiger partial charge in [-0.25, -0.2) is 4.79 Å². The van der Waals surface area contributed by atoms with Crippen LogP contribution in [-0.2, 0) is 18.8 Å². The van der Waals surface area contributed by atoms with Gasteiger partial charge < -0.3 is 18.8 Å². The van der Waals surface area contributed by atoms with Crippen molar-refractivity contribution < 1.29 is 23.6 Å². The topological polar surface area (TPSA) is 61.8 Å². The van der Waals surface area contributed by atoms with Crippen molar-refractivity contribution >= 4 is 12.9 Å². The van der Waals surface area contributed by atoms with Crippen molar-refractivity contribution in [3.8, 4) is 0 Å². The lowest BCUT2D eigenvalue weighted by atomic mass is 10.9. The van der Waals surface area contributed by atoms with Crippen LogP contribution >= 0.6 is 7.14 Å². The maximum absolute atomic E-state index is 11.9. The predicted octanol–water partition coefficient (Wildman–Crippen LogP) is 2.10. The molecule has 0 saturated heterocycles. The van der Waals surface area contributed by atoms with Gasteiger partial charge in [0.15, 0.2) is 0 Å². The second kappa shape index (κ2) is 6.98. The van der Waals surface area contributed by atoms with Crippen LogP contribution in [0.15, 0.2) is 0 Å². The van der Waals surface area contributed by atoms with Gasteiger partial charge in [0, 0.05) is 13.2 Å². The van der Waals surface area contributed by atoms with Crippen LogP contribution < -0.4 is 0 Å². The van der Waals surface area contributed by atoms with Gasteiger partial charge in [-0.1, -0.05) is 0 Å². The van der Waals surface area contributed by atoms with E-state index in [1.54, 1.807) is 13.8 Å². The molecule has 0 saturated carbocycles. The molecule has 0 spiro atoms. The average Bonchev–Trinajstić information content (AvgIpc) is 2.22. The highest BCUT2D eigenvalue weighted by Crippen LogP contribution is 2.47. The van der Waals surface area contributed by atoms with Gasteiger partial charge in [-0.05, 0) is 13.8 Å². The van der Waals surface area contributed by atoms with Crippen LogP contribution in [0.5, 0.6) is 0 Å². The van der Waals surface area contributed by atoms with E-state index in [1.807, 2.05) is 0 Å². The monoisotopic (exact) mass is 224 g/mol. The molecule has 0 aliphatic heterocycles. The molecule has 0 aromatic rings. The molecule has 0 bridgehead atoms. The normalized spacial score (nSPS) is 11.4. The summed E-state index contributed by atoms with van der Waals surface area (Å²) < 4.78 is 26.3. The van der Waals surface area contributed by atoms with Gasteiger partial charge in [0.05, 0.1) is 7.11 Å². The molecule has 0 aromatic heterocycles. The van der Waals surface area contributed by atoms with E-state index in [0.29, 0.717) is 13.2 Å². The van der Waals surface area contributed by atoms with Gasteiger partial charge in [-0.15, -0.1) is 0 Å². The Morgan fingerprint density at radius 3 is 1.86 bits per heavy atom. The van der Waals surface area contributed by atoms with Gasteiger partial charge in [-0.2, -0.15) is 0 Å². The minimum absolute atomic E-state index is 0.115. The van der Waals surface area contributed by atoms with Crippen molar-refractivity contribution in [1.82, 2.24) is 0 Å². The summed E-state index contributed by atoms with van der Waals surface area (Å²) in [5.74, 6) is 0. The highest BCUT2D eigenvalue weighted by molar-refractivity contribution is 7.79. The molecule has 0 atom stereocenters. The minimum Gasteiger partial charge on any atom is -0.463 e. The third-order valence-electron chi connectivity index (χ3n) is 1.52. The molecule has 0 aliphatic carbocycles. The fourth-order valence-electron chi connectivity index (χ4n) is 0.787. The van der Waals surface area contributed by atoms with Crippen molar-refractivity contribution in [3.05, 3.63) is 0 Å². The highest BCUT2D eigenvalue weighted by atomic mass is 31.2. The lowest BCUT2D eigenvalue weighted by Gasteiger charge is -2.14. The summed E-state index contributed by atoms with van der Waals surface area (Å²) in [6.45, 7) is 4.35. The summed E-state index contributed by atoms with van der Waals surface area (Å²) in [5.41, 5.74) is -0.737. The molecular formula is C8H17O5P. The molecule has 0 radical (unpaired) electrons. The van der Waals surface area contributed by atoms with E-state index >= 15 is 0 Å². The molecule has 0 aliphatic rings. The Labute approximate surface area is 84.1 Å². The number of carbonyl (C=O) groups is 1. The van der Waals surface area contributed by atoms with Gasteiger partial charge in [0.1, 0.15) is 12.7 Å². The zero-order chi connectivity index (χ0) is 11.0. The quantitative estimate of drug-likeness (QED) is 0.619. The molecular weight excluding hydrogens is 207 g/mol. The third-order valence-corrected chi connectivity index (χ3v) is 3.56. The average molecular weight is 224 g/mol. The second-order valence-corrected chi connectivity index (χ2v) is 5.26. The van der Waals surface area contributed by atoms with Gasteiger partial charge in [0.2, 0.25) is 7.14 Å². The zero-order valence-electron chi connectivity index (χ0n) is 8.82. The first-order chi connectivity index (χ1) is 6.60. The van der Waals surface area contributed by atoms with E-state index < -0.39 is 12.9 Å². The number of hydrogen-bond acceptors (Lipinski definition) is 5. The minimum atomic E-state index is -3.15. The number of carbonyl (C=O) groups excluding carboxylic acids is 1. The second-order valence-electron chi connectivity index (χ2n) is 2.60. The van der Waals surface area contributed by atoms with Crippen LogP contribution in [0.25, 0.3) is 0 Å². The first-order valence-corrected chi connectivity index (χ1v) is 6.50. The summed E-state index contributed by atoms with van der Waals surface area (Å²) in [6.07, 6.45) is -0.230. The maximum Gasteiger partial charge on any atom is 0.368 e. The van der Waals surface area contributed by atoms with Crippen LogP contribution in [0.2, 0.25) is 0 Å². The molecule has 6 heteroatoms. The van der Waals surface area contributed by atoms with Crippen LogP contribution in [0, 0.1) is 0 Å². The predicted molar refractivity (Wildman–Crippen MR) is 53.0 cm³/mol. The van der Waals surface area contributed by atoms with Crippen LogP contribution in [0.4, 0.5) is 4.79 Å². The van der Waals surface area contributed by atoms with Crippen molar-refractivity contribution in [2.24, 2.45) is 0 Å². The molecule has 0 heterocycles. The summed E-state index contributed by atoms with van der Waals surface area (Å²) in [5, 5.41) is 0. The maximum atomic E-state index is 11.9. The van der Waals surface area contributed by atoms with Crippen molar-refractivity contribution in [3.63, 3.8) is 0 Å². The van der Waals surface area contributed by atoms with Crippen LogP contribution in [0.1, 0.15) is 13.8 Å². The zero-order valence-corrected chi connectivity index (χ0v) is 9.71. The molecule has 5 nitrogen and oxygen atoms in total. The Kier molecular flexibility index (Phi) is 6.79. The fraction of sp³-hybridized carbons (Fsp3) is 0.875. The van der Waals surface area contributed by atoms with Gasteiger partial charge >= 0.3 is 5.71 Å². The smallest absolute Gasteiger partial charge is 0.368 e. The van der Waals surface area contributed by atoms with E-state index in [2.05, 4.69) is 4.74 Å². The highest BCUT2D eigenvalue weighted by Gasteiger charge is 2.33. The Balaban J connectivity index is 4.33. The molecule has 0 amide bonds. The number of rotatable bonds is 7.